The zero-order chi connectivity index (χ0) is 21.7. The van der Waals surface area contributed by atoms with Gasteiger partial charge in [-0.2, -0.15) is 0 Å². The van der Waals surface area contributed by atoms with Crippen molar-refractivity contribution in [3.8, 4) is 0 Å². The van der Waals surface area contributed by atoms with Crippen molar-refractivity contribution in [1.82, 2.24) is 0 Å². The van der Waals surface area contributed by atoms with Gasteiger partial charge in [0.05, 0.1) is 0 Å². The van der Waals surface area contributed by atoms with Crippen LogP contribution in [0.15, 0.2) is 66.7 Å². The Kier molecular flexibility index (Phi) is 4.93. The van der Waals surface area contributed by atoms with Crippen molar-refractivity contribution in [2.24, 2.45) is 11.8 Å². The Bertz CT molecular complexity index is 1420. The smallest absolute Gasteiger partial charge is 0.127 e. The lowest BCUT2D eigenvalue weighted by molar-refractivity contribution is 0.650. The molecular weight excluding hydrogens is 379 g/mol. The van der Waals surface area contributed by atoms with Crippen molar-refractivity contribution in [1.29, 1.82) is 0 Å². The Balaban J connectivity index is 1.88. The molecule has 0 aliphatic carbocycles. The van der Waals surface area contributed by atoms with Crippen LogP contribution in [-0.4, -0.2) is 0 Å². The molecule has 0 atom stereocenters. The number of hydrogen-bond donors (Lipinski definition) is 0. The predicted octanol–water partition coefficient (Wildman–Crippen LogP) is 9.29. The van der Waals surface area contributed by atoms with Gasteiger partial charge in [-0.3, -0.25) is 0 Å². The number of halogens is 1. The molecule has 0 aliphatic heterocycles. The van der Waals surface area contributed by atoms with E-state index in [0.29, 0.717) is 17.4 Å². The zero-order valence-corrected chi connectivity index (χ0v) is 18.8. The molecule has 5 aromatic carbocycles. The van der Waals surface area contributed by atoms with Gasteiger partial charge < -0.3 is 0 Å². The summed E-state index contributed by atoms with van der Waals surface area (Å²) in [7, 11) is 0. The van der Waals surface area contributed by atoms with Gasteiger partial charge in [-0.1, -0.05) is 88.4 Å². The molecule has 31 heavy (non-hydrogen) atoms. The third kappa shape index (κ3) is 3.28. The minimum Gasteiger partial charge on any atom is -0.207 e. The Hall–Kier alpha value is -2.93. The lowest BCUT2D eigenvalue weighted by Crippen LogP contribution is -1.96. The van der Waals surface area contributed by atoms with Crippen LogP contribution < -0.4 is 0 Å². The van der Waals surface area contributed by atoms with E-state index in [1.54, 1.807) is 6.08 Å². The maximum Gasteiger partial charge on any atom is 0.127 e. The minimum absolute atomic E-state index is 0.117. The second kappa shape index (κ2) is 7.64. The summed E-state index contributed by atoms with van der Waals surface area (Å²) < 4.78 is 15.2. The van der Waals surface area contributed by atoms with Crippen LogP contribution in [0.4, 0.5) is 4.39 Å². The van der Waals surface area contributed by atoms with Gasteiger partial charge in [-0.05, 0) is 79.4 Å². The molecule has 0 nitrogen and oxygen atoms in total. The fourth-order valence-corrected chi connectivity index (χ4v) is 5.05. The van der Waals surface area contributed by atoms with Crippen LogP contribution in [0.3, 0.4) is 0 Å². The van der Waals surface area contributed by atoms with Gasteiger partial charge in [0.25, 0.3) is 0 Å². The summed E-state index contributed by atoms with van der Waals surface area (Å²) in [6.07, 6.45) is 3.56. The van der Waals surface area contributed by atoms with Crippen molar-refractivity contribution in [3.63, 3.8) is 0 Å². The molecule has 0 unspecified atom stereocenters. The van der Waals surface area contributed by atoms with Crippen molar-refractivity contribution in [2.75, 3.05) is 0 Å². The summed E-state index contributed by atoms with van der Waals surface area (Å²) in [5.74, 6) is 0.934. The van der Waals surface area contributed by atoms with E-state index in [-0.39, 0.29) is 5.83 Å². The molecule has 0 N–H and O–H groups in total. The van der Waals surface area contributed by atoms with Crippen LogP contribution in [0.5, 0.6) is 0 Å². The minimum atomic E-state index is -0.117. The molecule has 0 amide bonds. The largest absolute Gasteiger partial charge is 0.207 e. The summed E-state index contributed by atoms with van der Waals surface area (Å²) in [4.78, 5) is 0. The lowest BCUT2D eigenvalue weighted by Gasteiger charge is -2.18. The van der Waals surface area contributed by atoms with E-state index in [1.165, 1.54) is 43.3 Å². The molecule has 0 aliphatic rings. The first kappa shape index (κ1) is 20.0. The number of fused-ring (bicyclic) bond motifs is 2. The van der Waals surface area contributed by atoms with Gasteiger partial charge in [0.15, 0.2) is 0 Å². The molecule has 0 aromatic heterocycles. The molecule has 0 saturated heterocycles. The molecular formula is C30H29F. The van der Waals surface area contributed by atoms with Gasteiger partial charge in [0, 0.05) is 5.56 Å². The number of benzene rings is 5. The summed E-state index contributed by atoms with van der Waals surface area (Å²) in [6, 6.07) is 21.6. The number of allylic oxidation sites excluding steroid dienone is 1. The van der Waals surface area contributed by atoms with Gasteiger partial charge in [0.2, 0.25) is 0 Å². The molecule has 5 aromatic rings. The van der Waals surface area contributed by atoms with Crippen molar-refractivity contribution in [3.05, 3.63) is 77.9 Å². The normalized spacial score (nSPS) is 13.1. The van der Waals surface area contributed by atoms with Crippen LogP contribution in [0.25, 0.3) is 48.9 Å². The van der Waals surface area contributed by atoms with Gasteiger partial charge in [0.1, 0.15) is 5.83 Å². The SMILES string of the molecule is CC(C)C/C=C(\F)c1ccc2c3cccc4c(CC(C)C)ccc(c5cccc1c52)c43. The van der Waals surface area contributed by atoms with E-state index in [4.69, 9.17) is 0 Å². The van der Waals surface area contributed by atoms with Crippen LogP contribution in [-0.2, 0) is 6.42 Å². The van der Waals surface area contributed by atoms with Crippen LogP contribution in [0.1, 0.15) is 45.2 Å². The summed E-state index contributed by atoms with van der Waals surface area (Å²) in [6.45, 7) is 8.78. The average Bonchev–Trinajstić information content (AvgIpc) is 2.76. The third-order valence-electron chi connectivity index (χ3n) is 6.41. The molecule has 0 radical (unpaired) electrons. The first-order valence-corrected chi connectivity index (χ1v) is 11.4. The molecule has 1 heteroatoms. The van der Waals surface area contributed by atoms with Crippen molar-refractivity contribution < 1.29 is 4.39 Å². The van der Waals surface area contributed by atoms with E-state index in [2.05, 4.69) is 82.3 Å². The van der Waals surface area contributed by atoms with Gasteiger partial charge >= 0.3 is 0 Å². The molecule has 156 valence electrons. The average molecular weight is 409 g/mol. The first-order valence-electron chi connectivity index (χ1n) is 11.4. The monoisotopic (exact) mass is 408 g/mol. The second-order valence-electron chi connectivity index (χ2n) is 9.67. The summed E-state index contributed by atoms with van der Waals surface area (Å²) in [5, 5.41) is 9.81. The highest BCUT2D eigenvalue weighted by Gasteiger charge is 2.17. The van der Waals surface area contributed by atoms with E-state index in [1.807, 2.05) is 6.07 Å². The fraction of sp³-hybridized carbons (Fsp3) is 0.267. The molecule has 5 rings (SSSR count). The topological polar surface area (TPSA) is 0 Å². The van der Waals surface area contributed by atoms with E-state index < -0.39 is 0 Å². The van der Waals surface area contributed by atoms with Gasteiger partial charge in [-0.25, -0.2) is 4.39 Å². The molecule has 0 heterocycles. The number of hydrogen-bond acceptors (Lipinski definition) is 0. The van der Waals surface area contributed by atoms with Crippen LogP contribution in [0, 0.1) is 11.8 Å². The van der Waals surface area contributed by atoms with Gasteiger partial charge in [-0.15, -0.1) is 0 Å². The fourth-order valence-electron chi connectivity index (χ4n) is 5.05. The summed E-state index contributed by atoms with van der Waals surface area (Å²) in [5.41, 5.74) is 2.11. The Morgan fingerprint density at radius 3 is 1.87 bits per heavy atom. The summed E-state index contributed by atoms with van der Waals surface area (Å²) >= 11 is 0. The van der Waals surface area contributed by atoms with E-state index >= 15 is 4.39 Å². The molecule has 0 saturated carbocycles. The van der Waals surface area contributed by atoms with Crippen LogP contribution >= 0.6 is 0 Å². The zero-order valence-electron chi connectivity index (χ0n) is 18.8. The van der Waals surface area contributed by atoms with Crippen molar-refractivity contribution >= 4 is 48.9 Å². The Morgan fingerprint density at radius 1 is 0.677 bits per heavy atom. The Labute approximate surface area is 183 Å². The van der Waals surface area contributed by atoms with E-state index in [9.17, 15) is 0 Å². The second-order valence-corrected chi connectivity index (χ2v) is 9.67. The Morgan fingerprint density at radius 2 is 1.23 bits per heavy atom. The number of rotatable bonds is 5. The first-order chi connectivity index (χ1) is 15.0. The standard InChI is InChI=1S/C30H29F/c1-18(2)11-16-28(31)22-14-15-27-24-9-5-7-21-20(17-19(3)4)12-13-26(29(21)24)25-10-6-8-23(22)30(25)27/h5-10,12-16,18-19H,11,17H2,1-4H3/b28-16-. The maximum atomic E-state index is 15.2. The highest BCUT2D eigenvalue weighted by Crippen LogP contribution is 2.43. The third-order valence-corrected chi connectivity index (χ3v) is 6.41. The van der Waals surface area contributed by atoms with Crippen LogP contribution in [0.2, 0.25) is 0 Å². The quantitative estimate of drug-likeness (QED) is 0.201. The molecule has 0 bridgehead atoms. The predicted molar refractivity (Wildman–Crippen MR) is 135 cm³/mol. The highest BCUT2D eigenvalue weighted by atomic mass is 19.1. The van der Waals surface area contributed by atoms with Crippen molar-refractivity contribution in [2.45, 2.75) is 40.5 Å². The molecule has 0 fully saturated rings. The lowest BCUT2D eigenvalue weighted by atomic mass is 9.86. The highest BCUT2D eigenvalue weighted by molar-refractivity contribution is 6.33. The molecule has 0 spiro atoms. The van der Waals surface area contributed by atoms with E-state index in [0.717, 1.165) is 18.2 Å². The maximum absolute atomic E-state index is 15.2.